The van der Waals surface area contributed by atoms with Gasteiger partial charge in [0.05, 0.1) is 30.0 Å². The van der Waals surface area contributed by atoms with Crippen molar-refractivity contribution in [1.29, 1.82) is 0 Å². The van der Waals surface area contributed by atoms with E-state index in [0.717, 1.165) is 0 Å². The molecule has 0 unspecified atom stereocenters. The molecule has 1 aromatic heterocycles. The predicted molar refractivity (Wildman–Crippen MR) is 69.9 cm³/mol. The summed E-state index contributed by atoms with van der Waals surface area (Å²) >= 11 is 6.27. The minimum Gasteiger partial charge on any atom is -0.466 e. The maximum absolute atomic E-state index is 12.9. The average molecular weight is 387 g/mol. The largest absolute Gasteiger partial charge is 0.466 e. The van der Waals surface area contributed by atoms with Gasteiger partial charge in [-0.1, -0.05) is 31.9 Å². The minimum absolute atomic E-state index is 0.0484. The summed E-state index contributed by atoms with van der Waals surface area (Å²) in [7, 11) is 0. The third kappa shape index (κ3) is 3.98. The van der Waals surface area contributed by atoms with E-state index < -0.39 is 12.4 Å². The number of carbonyl (C=O) groups is 1. The summed E-state index contributed by atoms with van der Waals surface area (Å²) in [5.41, 5.74) is 0.366. The fraction of sp³-hybridized carbons (Fsp3) is 0.455. The number of rotatable bonds is 5. The van der Waals surface area contributed by atoms with Crippen LogP contribution >= 0.6 is 31.9 Å². The Bertz CT molecular complexity index is 441. The monoisotopic (exact) mass is 385 g/mol. The van der Waals surface area contributed by atoms with Gasteiger partial charge in [-0.25, -0.2) is 8.78 Å². The summed E-state index contributed by atoms with van der Waals surface area (Å²) in [5, 5.41) is 0.422. The molecule has 0 saturated carbocycles. The van der Waals surface area contributed by atoms with Crippen molar-refractivity contribution in [3.05, 3.63) is 27.5 Å². The van der Waals surface area contributed by atoms with Gasteiger partial charge in [0, 0.05) is 9.80 Å². The van der Waals surface area contributed by atoms with Crippen molar-refractivity contribution >= 4 is 37.8 Å². The SMILES string of the molecule is CCOC(=O)Cc1nc(CBr)cc(Br)c1C(F)F. The number of alkyl halides is 3. The number of nitrogens with zero attached hydrogens (tertiary/aromatic N) is 1. The molecule has 0 aliphatic carbocycles. The Morgan fingerprint density at radius 1 is 1.56 bits per heavy atom. The number of carbonyl (C=O) groups excluding carboxylic acids is 1. The minimum atomic E-state index is -2.69. The fourth-order valence-electron chi connectivity index (χ4n) is 1.41. The van der Waals surface area contributed by atoms with Crippen LogP contribution in [0.25, 0.3) is 0 Å². The van der Waals surface area contributed by atoms with Crippen LogP contribution in [-0.2, 0) is 21.3 Å². The second-order valence-electron chi connectivity index (χ2n) is 3.37. The number of esters is 1. The van der Waals surface area contributed by atoms with E-state index in [0.29, 0.717) is 11.0 Å². The molecule has 7 heteroatoms. The van der Waals surface area contributed by atoms with Crippen LogP contribution in [0.4, 0.5) is 8.78 Å². The van der Waals surface area contributed by atoms with E-state index >= 15 is 0 Å². The van der Waals surface area contributed by atoms with Gasteiger partial charge < -0.3 is 4.74 Å². The lowest BCUT2D eigenvalue weighted by Gasteiger charge is -2.11. The van der Waals surface area contributed by atoms with Crippen molar-refractivity contribution in [3.8, 4) is 0 Å². The number of ether oxygens (including phenoxy) is 1. The molecular formula is C11H11Br2F2NO2. The van der Waals surface area contributed by atoms with Crippen molar-refractivity contribution in [1.82, 2.24) is 4.98 Å². The van der Waals surface area contributed by atoms with Gasteiger partial charge in [-0.2, -0.15) is 0 Å². The molecule has 1 heterocycles. The van der Waals surface area contributed by atoms with E-state index in [9.17, 15) is 13.6 Å². The molecule has 0 radical (unpaired) electrons. The van der Waals surface area contributed by atoms with Gasteiger partial charge in [0.1, 0.15) is 0 Å². The molecule has 0 saturated heterocycles. The van der Waals surface area contributed by atoms with E-state index in [2.05, 4.69) is 36.8 Å². The molecule has 0 aromatic carbocycles. The topological polar surface area (TPSA) is 39.2 Å². The first kappa shape index (κ1) is 15.5. The normalized spacial score (nSPS) is 10.8. The van der Waals surface area contributed by atoms with Crippen molar-refractivity contribution in [2.75, 3.05) is 6.61 Å². The van der Waals surface area contributed by atoms with Gasteiger partial charge in [0.2, 0.25) is 0 Å². The van der Waals surface area contributed by atoms with Gasteiger partial charge >= 0.3 is 5.97 Å². The fourth-order valence-corrected chi connectivity index (χ4v) is 2.36. The molecule has 1 rings (SSSR count). The zero-order valence-electron chi connectivity index (χ0n) is 9.55. The molecule has 0 fully saturated rings. The van der Waals surface area contributed by atoms with Crippen molar-refractivity contribution in [2.45, 2.75) is 25.1 Å². The molecule has 18 heavy (non-hydrogen) atoms. The molecule has 1 aromatic rings. The zero-order chi connectivity index (χ0) is 13.7. The molecule has 0 N–H and O–H groups in total. The molecule has 0 atom stereocenters. The Kier molecular flexibility index (Phi) is 6.14. The van der Waals surface area contributed by atoms with Crippen LogP contribution in [0.1, 0.15) is 30.3 Å². The highest BCUT2D eigenvalue weighted by molar-refractivity contribution is 9.10. The standard InChI is InChI=1S/C11H11Br2F2NO2/c1-2-18-9(17)4-8-10(11(14)15)7(13)3-6(5-12)16-8/h3,11H,2,4-5H2,1H3. The van der Waals surface area contributed by atoms with E-state index in [1.54, 1.807) is 6.92 Å². The first-order valence-corrected chi connectivity index (χ1v) is 7.09. The molecule has 0 aliphatic rings. The lowest BCUT2D eigenvalue weighted by molar-refractivity contribution is -0.142. The van der Waals surface area contributed by atoms with Gasteiger partial charge in [-0.05, 0) is 13.0 Å². The summed E-state index contributed by atoms with van der Waals surface area (Å²) < 4.78 is 30.8. The molecule has 0 amide bonds. The van der Waals surface area contributed by atoms with Crippen molar-refractivity contribution in [3.63, 3.8) is 0 Å². The van der Waals surface area contributed by atoms with Gasteiger partial charge in [0.15, 0.2) is 0 Å². The van der Waals surface area contributed by atoms with Gasteiger partial charge in [-0.15, -0.1) is 0 Å². The highest BCUT2D eigenvalue weighted by atomic mass is 79.9. The number of hydrogen-bond acceptors (Lipinski definition) is 3. The summed E-state index contributed by atoms with van der Waals surface area (Å²) in [6, 6.07) is 1.50. The van der Waals surface area contributed by atoms with Crippen molar-refractivity contribution in [2.24, 2.45) is 0 Å². The highest BCUT2D eigenvalue weighted by Crippen LogP contribution is 2.31. The maximum Gasteiger partial charge on any atom is 0.311 e. The number of aromatic nitrogens is 1. The van der Waals surface area contributed by atoms with Crippen LogP contribution in [0.2, 0.25) is 0 Å². The number of hydrogen-bond donors (Lipinski definition) is 0. The lowest BCUT2D eigenvalue weighted by atomic mass is 10.1. The van der Waals surface area contributed by atoms with Gasteiger partial charge in [0.25, 0.3) is 6.43 Å². The van der Waals surface area contributed by atoms with Crippen molar-refractivity contribution < 1.29 is 18.3 Å². The first-order chi connectivity index (χ1) is 8.49. The van der Waals surface area contributed by atoms with Crippen LogP contribution < -0.4 is 0 Å². The third-order valence-corrected chi connectivity index (χ3v) is 3.34. The predicted octanol–water partition coefficient (Wildman–Crippen LogP) is 3.78. The van der Waals surface area contributed by atoms with Crippen LogP contribution in [0.5, 0.6) is 0 Å². The molecule has 3 nitrogen and oxygen atoms in total. The van der Waals surface area contributed by atoms with E-state index in [1.165, 1.54) is 6.07 Å². The smallest absolute Gasteiger partial charge is 0.311 e. The molecule has 0 spiro atoms. The second kappa shape index (κ2) is 7.13. The van der Waals surface area contributed by atoms with E-state index in [4.69, 9.17) is 4.74 Å². The van der Waals surface area contributed by atoms with Crippen LogP contribution in [0, 0.1) is 0 Å². The maximum atomic E-state index is 12.9. The quantitative estimate of drug-likeness (QED) is 0.571. The first-order valence-electron chi connectivity index (χ1n) is 5.17. The summed E-state index contributed by atoms with van der Waals surface area (Å²) in [6.45, 7) is 1.87. The Labute approximate surface area is 120 Å². The Morgan fingerprint density at radius 2 is 2.22 bits per heavy atom. The zero-order valence-corrected chi connectivity index (χ0v) is 12.7. The number of halogens is 4. The van der Waals surface area contributed by atoms with E-state index in [-0.39, 0.29) is 28.8 Å². The summed E-state index contributed by atoms with van der Waals surface area (Å²) in [4.78, 5) is 15.4. The molecule has 0 bridgehead atoms. The second-order valence-corrected chi connectivity index (χ2v) is 4.79. The molecular weight excluding hydrogens is 376 g/mol. The number of pyridine rings is 1. The molecule has 100 valence electrons. The Hall–Kier alpha value is -0.560. The van der Waals surface area contributed by atoms with Crippen LogP contribution in [0.3, 0.4) is 0 Å². The lowest BCUT2D eigenvalue weighted by Crippen LogP contribution is -2.12. The Morgan fingerprint density at radius 3 is 2.72 bits per heavy atom. The third-order valence-electron chi connectivity index (χ3n) is 2.11. The van der Waals surface area contributed by atoms with Crippen LogP contribution in [-0.4, -0.2) is 17.6 Å². The van der Waals surface area contributed by atoms with Crippen LogP contribution in [0.15, 0.2) is 10.5 Å². The highest BCUT2D eigenvalue weighted by Gasteiger charge is 2.21. The Balaban J connectivity index is 3.13. The van der Waals surface area contributed by atoms with Gasteiger partial charge in [-0.3, -0.25) is 9.78 Å². The summed E-state index contributed by atoms with van der Waals surface area (Å²) in [6.07, 6.45) is -2.95. The molecule has 0 aliphatic heterocycles. The summed E-state index contributed by atoms with van der Waals surface area (Å²) in [5.74, 6) is -0.564. The average Bonchev–Trinajstić information content (AvgIpc) is 2.27. The van der Waals surface area contributed by atoms with E-state index in [1.807, 2.05) is 0 Å².